The molecule has 0 aliphatic heterocycles. The van der Waals surface area contributed by atoms with Crippen LogP contribution in [0.25, 0.3) is 0 Å². The first-order chi connectivity index (χ1) is 29.8. The van der Waals surface area contributed by atoms with Gasteiger partial charge in [-0.1, -0.05) is 212 Å². The third kappa shape index (κ3) is 44.8. The number of carbonyl (C=O) groups is 2. The highest BCUT2D eigenvalue weighted by atomic mass is 31.2. The quantitative estimate of drug-likeness (QED) is 0.0233. The monoisotopic (exact) mass is 887 g/mol. The Hall–Kier alpha value is -1.55. The Morgan fingerprint density at radius 1 is 0.443 bits per heavy atom. The summed E-state index contributed by atoms with van der Waals surface area (Å²) in [6.45, 7) is 2.23. The van der Waals surface area contributed by atoms with Crippen LogP contribution in [-0.2, 0) is 32.7 Å². The second-order valence-corrected chi connectivity index (χ2v) is 18.6. The third-order valence-electron chi connectivity index (χ3n) is 11.2. The zero-order chi connectivity index (χ0) is 44.8. The Bertz CT molecular complexity index is 1070. The Kier molecular flexibility index (Phi) is 45.3. The molecule has 3 atom stereocenters. The fourth-order valence-corrected chi connectivity index (χ4v) is 8.05. The summed E-state index contributed by atoms with van der Waals surface area (Å²) in [4.78, 5) is 34.7. The first-order valence-corrected chi connectivity index (χ1v) is 26.8. The first kappa shape index (κ1) is 59.5. The van der Waals surface area contributed by atoms with E-state index in [-0.39, 0.29) is 12.8 Å². The Morgan fingerprint density at radius 2 is 0.721 bits per heavy atom. The number of esters is 2. The van der Waals surface area contributed by atoms with Crippen molar-refractivity contribution in [3.05, 3.63) is 24.3 Å². The molecule has 0 amide bonds. The number of allylic oxidation sites excluding steroid dienone is 4. The van der Waals surface area contributed by atoms with Crippen LogP contribution in [0.2, 0.25) is 0 Å². The molecule has 0 aliphatic rings. The van der Waals surface area contributed by atoms with Crippen LogP contribution in [0.4, 0.5) is 0 Å². The highest BCUT2D eigenvalue weighted by molar-refractivity contribution is 7.47. The van der Waals surface area contributed by atoms with E-state index in [1.54, 1.807) is 0 Å². The van der Waals surface area contributed by atoms with E-state index >= 15 is 0 Å². The highest BCUT2D eigenvalue weighted by Crippen LogP contribution is 2.43. The van der Waals surface area contributed by atoms with Gasteiger partial charge in [0.05, 0.1) is 26.4 Å². The number of unbranched alkanes of at least 4 members (excludes halogenated alkanes) is 30. The standard InChI is InChI=1S/C50H95O10P/c1-3-5-7-9-11-13-15-17-19-21-23-25-27-29-31-33-35-37-39-41-49(53)59-47(43-51)45-57-61(55,56)58-46-48(44-52)60-50(54)42-40-38-36-34-32-30-28-26-24-22-20-18-16-14-12-10-8-6-4-2/h11,13,17,19,47-48,51-52H,3-10,12,14-16,18,20-46H2,1-2H3,(H,55,56)/b13-11-,19-17-. The molecule has 11 heteroatoms. The summed E-state index contributed by atoms with van der Waals surface area (Å²) in [5.41, 5.74) is 0. The number of phosphoric ester groups is 1. The third-order valence-corrected chi connectivity index (χ3v) is 12.1. The van der Waals surface area contributed by atoms with E-state index < -0.39 is 58.4 Å². The van der Waals surface area contributed by atoms with Gasteiger partial charge < -0.3 is 24.6 Å². The van der Waals surface area contributed by atoms with Crippen LogP contribution in [0.3, 0.4) is 0 Å². The average molecular weight is 887 g/mol. The van der Waals surface area contributed by atoms with Crippen molar-refractivity contribution in [3.8, 4) is 0 Å². The topological polar surface area (TPSA) is 149 Å². The van der Waals surface area contributed by atoms with E-state index in [1.807, 2.05) is 0 Å². The molecule has 0 rings (SSSR count). The zero-order valence-corrected chi connectivity index (χ0v) is 40.3. The van der Waals surface area contributed by atoms with Gasteiger partial charge >= 0.3 is 19.8 Å². The van der Waals surface area contributed by atoms with Crippen LogP contribution in [0, 0.1) is 0 Å². The summed E-state index contributed by atoms with van der Waals surface area (Å²) < 4.78 is 32.7. The van der Waals surface area contributed by atoms with E-state index in [2.05, 4.69) is 38.2 Å². The molecule has 0 aliphatic carbocycles. The Labute approximate surface area is 374 Å². The smallest absolute Gasteiger partial charge is 0.457 e. The zero-order valence-electron chi connectivity index (χ0n) is 39.4. The van der Waals surface area contributed by atoms with Crippen LogP contribution < -0.4 is 0 Å². The lowest BCUT2D eigenvalue weighted by Gasteiger charge is -2.20. The lowest BCUT2D eigenvalue weighted by Crippen LogP contribution is -2.28. The van der Waals surface area contributed by atoms with Crippen LogP contribution in [0.5, 0.6) is 0 Å². The van der Waals surface area contributed by atoms with Crippen molar-refractivity contribution in [1.82, 2.24) is 0 Å². The minimum absolute atomic E-state index is 0.190. The second kappa shape index (κ2) is 46.4. The summed E-state index contributed by atoms with van der Waals surface area (Å²) in [6, 6.07) is 0. The molecular weight excluding hydrogens is 792 g/mol. The molecule has 0 heterocycles. The molecule has 0 aromatic rings. The van der Waals surface area contributed by atoms with Crippen LogP contribution in [0.15, 0.2) is 24.3 Å². The molecule has 0 bridgehead atoms. The minimum atomic E-state index is -4.64. The Balaban J connectivity index is 3.83. The van der Waals surface area contributed by atoms with Crippen molar-refractivity contribution in [2.24, 2.45) is 0 Å². The molecule has 61 heavy (non-hydrogen) atoms. The molecule has 0 saturated carbocycles. The molecule has 0 spiro atoms. The average Bonchev–Trinajstić information content (AvgIpc) is 3.25. The fraction of sp³-hybridized carbons (Fsp3) is 0.880. The van der Waals surface area contributed by atoms with Crippen molar-refractivity contribution in [3.63, 3.8) is 0 Å². The maximum Gasteiger partial charge on any atom is 0.472 e. The van der Waals surface area contributed by atoms with Crippen LogP contribution in [-0.4, -0.2) is 65.7 Å². The molecule has 0 saturated heterocycles. The van der Waals surface area contributed by atoms with Crippen molar-refractivity contribution < 1.29 is 47.8 Å². The van der Waals surface area contributed by atoms with Gasteiger partial charge in [0.2, 0.25) is 0 Å². The van der Waals surface area contributed by atoms with Gasteiger partial charge in [-0.2, -0.15) is 0 Å². The molecular formula is C50H95O10P. The lowest BCUT2D eigenvalue weighted by atomic mass is 10.0. The number of aliphatic hydroxyl groups excluding tert-OH is 2. The van der Waals surface area contributed by atoms with Crippen molar-refractivity contribution in [2.45, 2.75) is 257 Å². The molecule has 0 radical (unpaired) electrons. The van der Waals surface area contributed by atoms with Crippen molar-refractivity contribution >= 4 is 19.8 Å². The molecule has 0 aromatic heterocycles. The van der Waals surface area contributed by atoms with Gasteiger partial charge in [-0.15, -0.1) is 0 Å². The summed E-state index contributed by atoms with van der Waals surface area (Å²) in [5.74, 6) is -1.01. The predicted octanol–water partition coefficient (Wildman–Crippen LogP) is 14.1. The number of hydrogen-bond donors (Lipinski definition) is 3. The van der Waals surface area contributed by atoms with Crippen molar-refractivity contribution in [2.75, 3.05) is 26.4 Å². The summed E-state index contributed by atoms with van der Waals surface area (Å²) in [7, 11) is -4.64. The van der Waals surface area contributed by atoms with Gasteiger partial charge in [-0.05, 0) is 44.9 Å². The SMILES string of the molecule is CCCCC/C=C\C/C=C\CCCCCCCCCCCC(=O)OC(CO)COP(=O)(O)OCC(CO)OC(=O)CCCCCCCCCCCCCCCCCCCCC. The number of rotatable bonds is 48. The molecule has 10 nitrogen and oxygen atoms in total. The lowest BCUT2D eigenvalue weighted by molar-refractivity contribution is -0.153. The van der Waals surface area contributed by atoms with Gasteiger partial charge in [-0.25, -0.2) is 4.57 Å². The molecule has 0 fully saturated rings. The van der Waals surface area contributed by atoms with Gasteiger partial charge in [0.25, 0.3) is 0 Å². The number of carbonyl (C=O) groups excluding carboxylic acids is 2. The number of ether oxygens (including phenoxy) is 2. The maximum absolute atomic E-state index is 12.4. The van der Waals surface area contributed by atoms with E-state index in [4.69, 9.17) is 18.5 Å². The van der Waals surface area contributed by atoms with E-state index in [0.717, 1.165) is 51.4 Å². The number of hydrogen-bond acceptors (Lipinski definition) is 9. The molecule has 3 unspecified atom stereocenters. The van der Waals surface area contributed by atoms with Gasteiger partial charge in [0.15, 0.2) is 0 Å². The van der Waals surface area contributed by atoms with Gasteiger partial charge in [0.1, 0.15) is 12.2 Å². The normalized spacial score (nSPS) is 13.9. The van der Waals surface area contributed by atoms with E-state index in [0.29, 0.717) is 12.8 Å². The highest BCUT2D eigenvalue weighted by Gasteiger charge is 2.27. The first-order valence-electron chi connectivity index (χ1n) is 25.3. The van der Waals surface area contributed by atoms with Crippen LogP contribution >= 0.6 is 7.82 Å². The fourth-order valence-electron chi connectivity index (χ4n) is 7.27. The molecule has 360 valence electrons. The van der Waals surface area contributed by atoms with Crippen LogP contribution in [0.1, 0.15) is 245 Å². The summed E-state index contributed by atoms with van der Waals surface area (Å²) in [6.07, 6.45) is 48.6. The largest absolute Gasteiger partial charge is 0.472 e. The van der Waals surface area contributed by atoms with E-state index in [1.165, 1.54) is 154 Å². The summed E-state index contributed by atoms with van der Waals surface area (Å²) in [5, 5.41) is 19.2. The number of aliphatic hydroxyl groups is 2. The Morgan fingerprint density at radius 3 is 1.05 bits per heavy atom. The van der Waals surface area contributed by atoms with Crippen molar-refractivity contribution in [1.29, 1.82) is 0 Å². The molecule has 0 aromatic carbocycles. The summed E-state index contributed by atoms with van der Waals surface area (Å²) >= 11 is 0. The maximum atomic E-state index is 12.4. The van der Waals surface area contributed by atoms with E-state index in [9.17, 15) is 29.3 Å². The molecule has 3 N–H and O–H groups in total. The number of phosphoric acid groups is 1. The second-order valence-electron chi connectivity index (χ2n) is 17.2. The minimum Gasteiger partial charge on any atom is -0.457 e. The van der Waals surface area contributed by atoms with Gasteiger partial charge in [0, 0.05) is 12.8 Å². The predicted molar refractivity (Wildman–Crippen MR) is 252 cm³/mol. The van der Waals surface area contributed by atoms with Gasteiger partial charge in [-0.3, -0.25) is 18.6 Å².